The zero-order chi connectivity index (χ0) is 17.6. The number of aromatic nitrogens is 2. The Labute approximate surface area is 146 Å². The number of rotatable bonds is 4. The number of benzene rings is 1. The molecule has 0 aliphatic carbocycles. The van der Waals surface area contributed by atoms with Crippen LogP contribution in [0.2, 0.25) is 0 Å². The molecule has 0 spiro atoms. The van der Waals surface area contributed by atoms with E-state index in [9.17, 15) is 4.79 Å². The Morgan fingerprint density at radius 2 is 1.84 bits per heavy atom. The number of hydrogen-bond donors (Lipinski definition) is 1. The monoisotopic (exact) mass is 336 g/mol. The van der Waals surface area contributed by atoms with Crippen LogP contribution in [0.25, 0.3) is 0 Å². The molecule has 7 nitrogen and oxygen atoms in total. The third kappa shape index (κ3) is 4.31. The molecule has 1 aliphatic heterocycles. The van der Waals surface area contributed by atoms with Gasteiger partial charge in [0.1, 0.15) is 6.07 Å². The summed E-state index contributed by atoms with van der Waals surface area (Å²) in [5, 5.41) is 11.9. The van der Waals surface area contributed by atoms with E-state index in [0.29, 0.717) is 11.5 Å². The highest BCUT2D eigenvalue weighted by atomic mass is 16.1. The Morgan fingerprint density at radius 1 is 1.16 bits per heavy atom. The van der Waals surface area contributed by atoms with E-state index in [1.807, 2.05) is 24.3 Å². The van der Waals surface area contributed by atoms with E-state index < -0.39 is 0 Å². The van der Waals surface area contributed by atoms with Crippen molar-refractivity contribution in [3.63, 3.8) is 0 Å². The number of carbonyl (C=O) groups excluding carboxylic acids is 1. The highest BCUT2D eigenvalue weighted by Crippen LogP contribution is 2.18. The van der Waals surface area contributed by atoms with Crippen LogP contribution in [0.15, 0.2) is 36.7 Å². The molecule has 25 heavy (non-hydrogen) atoms. The summed E-state index contributed by atoms with van der Waals surface area (Å²) in [6, 6.07) is 10.0. The number of carbonyl (C=O) groups is 1. The lowest BCUT2D eigenvalue weighted by Gasteiger charge is -2.35. The maximum Gasteiger partial charge on any atom is 0.221 e. The Balaban J connectivity index is 1.56. The van der Waals surface area contributed by atoms with Gasteiger partial charge in [0, 0.05) is 57.7 Å². The smallest absolute Gasteiger partial charge is 0.221 e. The van der Waals surface area contributed by atoms with Gasteiger partial charge in [0.25, 0.3) is 0 Å². The summed E-state index contributed by atoms with van der Waals surface area (Å²) >= 11 is 0. The van der Waals surface area contributed by atoms with Crippen LogP contribution in [0.5, 0.6) is 0 Å². The van der Waals surface area contributed by atoms with Crippen LogP contribution in [0.4, 0.5) is 11.5 Å². The molecule has 1 aromatic heterocycles. The number of amides is 1. The third-order valence-corrected chi connectivity index (χ3v) is 4.14. The van der Waals surface area contributed by atoms with Crippen molar-refractivity contribution in [2.45, 2.75) is 13.5 Å². The largest absolute Gasteiger partial charge is 0.352 e. The second kappa shape index (κ2) is 7.73. The minimum Gasteiger partial charge on any atom is -0.352 e. The average molecular weight is 336 g/mol. The molecule has 0 bridgehead atoms. The lowest BCUT2D eigenvalue weighted by Crippen LogP contribution is -2.46. The van der Waals surface area contributed by atoms with Gasteiger partial charge in [0.2, 0.25) is 5.91 Å². The summed E-state index contributed by atoms with van der Waals surface area (Å²) in [5.41, 5.74) is 2.40. The van der Waals surface area contributed by atoms with E-state index in [4.69, 9.17) is 5.26 Å². The minimum absolute atomic E-state index is 0.0652. The zero-order valence-corrected chi connectivity index (χ0v) is 14.1. The lowest BCUT2D eigenvalue weighted by atomic mass is 10.1. The van der Waals surface area contributed by atoms with E-state index in [1.165, 1.54) is 12.5 Å². The summed E-state index contributed by atoms with van der Waals surface area (Å²) in [4.78, 5) is 23.9. The van der Waals surface area contributed by atoms with Crippen molar-refractivity contribution in [1.29, 1.82) is 5.26 Å². The third-order valence-electron chi connectivity index (χ3n) is 4.14. The molecule has 0 atom stereocenters. The Bertz CT molecular complexity index is 775. The SMILES string of the molecule is CC(=O)Nc1ccc(CN2CCN(c3nccnc3C#N)CC2)cc1. The molecule has 0 saturated carbocycles. The molecule has 128 valence electrons. The molecular formula is C18H20N6O. The molecule has 1 aliphatic rings. The number of piperazine rings is 1. The number of anilines is 2. The van der Waals surface area contributed by atoms with Crippen molar-refractivity contribution in [2.24, 2.45) is 0 Å². The van der Waals surface area contributed by atoms with Crippen LogP contribution in [0, 0.1) is 11.3 Å². The molecule has 0 radical (unpaired) electrons. The van der Waals surface area contributed by atoms with E-state index in [-0.39, 0.29) is 5.91 Å². The molecule has 1 amide bonds. The van der Waals surface area contributed by atoms with E-state index >= 15 is 0 Å². The van der Waals surface area contributed by atoms with E-state index in [2.05, 4.69) is 31.2 Å². The van der Waals surface area contributed by atoms with Crippen molar-refractivity contribution < 1.29 is 4.79 Å². The second-order valence-electron chi connectivity index (χ2n) is 5.98. The summed E-state index contributed by atoms with van der Waals surface area (Å²) in [7, 11) is 0. The Hall–Kier alpha value is -2.98. The van der Waals surface area contributed by atoms with Crippen LogP contribution in [0.3, 0.4) is 0 Å². The summed E-state index contributed by atoms with van der Waals surface area (Å²) in [5.74, 6) is 0.605. The van der Waals surface area contributed by atoms with Gasteiger partial charge in [-0.25, -0.2) is 9.97 Å². The number of nitriles is 1. The average Bonchev–Trinajstić information content (AvgIpc) is 2.63. The number of nitrogens with zero attached hydrogens (tertiary/aromatic N) is 5. The minimum atomic E-state index is -0.0652. The van der Waals surface area contributed by atoms with Crippen LogP contribution >= 0.6 is 0 Å². The zero-order valence-electron chi connectivity index (χ0n) is 14.1. The van der Waals surface area contributed by atoms with Gasteiger partial charge in [0.05, 0.1) is 0 Å². The fourth-order valence-corrected chi connectivity index (χ4v) is 2.91. The maximum absolute atomic E-state index is 11.1. The highest BCUT2D eigenvalue weighted by molar-refractivity contribution is 5.88. The first-order valence-corrected chi connectivity index (χ1v) is 8.20. The predicted molar refractivity (Wildman–Crippen MR) is 95.0 cm³/mol. The van der Waals surface area contributed by atoms with Gasteiger partial charge in [-0.05, 0) is 17.7 Å². The van der Waals surface area contributed by atoms with Crippen LogP contribution < -0.4 is 10.2 Å². The topological polar surface area (TPSA) is 85.2 Å². The van der Waals surface area contributed by atoms with Crippen molar-refractivity contribution in [2.75, 3.05) is 36.4 Å². The number of hydrogen-bond acceptors (Lipinski definition) is 6. The van der Waals surface area contributed by atoms with Crippen LogP contribution in [0.1, 0.15) is 18.2 Å². The molecule has 1 fully saturated rings. The Morgan fingerprint density at radius 3 is 2.48 bits per heavy atom. The lowest BCUT2D eigenvalue weighted by molar-refractivity contribution is -0.114. The molecule has 1 saturated heterocycles. The molecule has 1 aromatic carbocycles. The summed E-state index contributed by atoms with van der Waals surface area (Å²) in [6.45, 7) is 5.79. The van der Waals surface area contributed by atoms with E-state index in [0.717, 1.165) is 38.4 Å². The standard InChI is InChI=1S/C18H20N6O/c1-14(25)22-16-4-2-15(3-5-16)13-23-8-10-24(11-9-23)18-17(12-19)20-6-7-21-18/h2-7H,8-11,13H2,1H3,(H,22,25). The van der Waals surface area contributed by atoms with Gasteiger partial charge < -0.3 is 10.2 Å². The maximum atomic E-state index is 11.1. The van der Waals surface area contributed by atoms with Crippen LogP contribution in [-0.2, 0) is 11.3 Å². The van der Waals surface area contributed by atoms with Gasteiger partial charge in [-0.1, -0.05) is 12.1 Å². The molecule has 2 aromatic rings. The first kappa shape index (κ1) is 16.9. The van der Waals surface area contributed by atoms with Gasteiger partial charge in [-0.15, -0.1) is 0 Å². The molecular weight excluding hydrogens is 316 g/mol. The molecule has 3 rings (SSSR count). The van der Waals surface area contributed by atoms with Crippen molar-refractivity contribution in [3.8, 4) is 6.07 Å². The molecule has 2 heterocycles. The second-order valence-corrected chi connectivity index (χ2v) is 5.98. The first-order valence-electron chi connectivity index (χ1n) is 8.20. The van der Waals surface area contributed by atoms with Gasteiger partial charge in [-0.3, -0.25) is 9.69 Å². The molecule has 0 unspecified atom stereocenters. The van der Waals surface area contributed by atoms with Gasteiger partial charge >= 0.3 is 0 Å². The Kier molecular flexibility index (Phi) is 5.21. The normalized spacial score (nSPS) is 14.8. The van der Waals surface area contributed by atoms with E-state index in [1.54, 1.807) is 12.4 Å². The molecule has 7 heteroatoms. The van der Waals surface area contributed by atoms with Crippen molar-refractivity contribution in [3.05, 3.63) is 47.9 Å². The van der Waals surface area contributed by atoms with Crippen molar-refractivity contribution in [1.82, 2.24) is 14.9 Å². The van der Waals surface area contributed by atoms with Crippen molar-refractivity contribution >= 4 is 17.4 Å². The fourth-order valence-electron chi connectivity index (χ4n) is 2.91. The first-order chi connectivity index (χ1) is 12.2. The summed E-state index contributed by atoms with van der Waals surface area (Å²) in [6.07, 6.45) is 3.17. The highest BCUT2D eigenvalue weighted by Gasteiger charge is 2.20. The number of nitrogens with one attached hydrogen (secondary N) is 1. The predicted octanol–water partition coefficient (Wildman–Crippen LogP) is 1.63. The molecule has 1 N–H and O–H groups in total. The van der Waals surface area contributed by atoms with Gasteiger partial charge in [0.15, 0.2) is 11.5 Å². The summed E-state index contributed by atoms with van der Waals surface area (Å²) < 4.78 is 0. The van der Waals surface area contributed by atoms with Gasteiger partial charge in [-0.2, -0.15) is 5.26 Å². The van der Waals surface area contributed by atoms with Crippen LogP contribution in [-0.4, -0.2) is 47.0 Å². The quantitative estimate of drug-likeness (QED) is 0.913. The fraction of sp³-hybridized carbons (Fsp3) is 0.333.